The first-order valence-electron chi connectivity index (χ1n) is 7.81. The Morgan fingerprint density at radius 3 is 2.44 bits per heavy atom. The molecule has 0 atom stereocenters. The minimum Gasteiger partial charge on any atom is -0.486 e. The summed E-state index contributed by atoms with van der Waals surface area (Å²) in [6.07, 6.45) is -0.262. The molecule has 0 aromatic heterocycles. The minimum absolute atomic E-state index is 0.262. The molecule has 2 aromatic rings. The van der Waals surface area contributed by atoms with Crippen LogP contribution in [0.1, 0.15) is 12.0 Å². The van der Waals surface area contributed by atoms with E-state index in [1.807, 2.05) is 12.1 Å². The number of ether oxygens (including phenoxy) is 2. The van der Waals surface area contributed by atoms with Crippen molar-refractivity contribution in [1.29, 1.82) is 0 Å². The summed E-state index contributed by atoms with van der Waals surface area (Å²) in [4.78, 5) is 23.9. The highest BCUT2D eigenvalue weighted by Gasteiger charge is 2.14. The van der Waals surface area contributed by atoms with Gasteiger partial charge in [-0.25, -0.2) is 0 Å². The first-order valence-corrected chi connectivity index (χ1v) is 8.18. The monoisotopic (exact) mass is 360 g/mol. The molecular weight excluding hydrogens is 344 g/mol. The van der Waals surface area contributed by atoms with E-state index in [1.165, 1.54) is 0 Å². The van der Waals surface area contributed by atoms with Crippen molar-refractivity contribution < 1.29 is 19.1 Å². The van der Waals surface area contributed by atoms with Crippen molar-refractivity contribution in [3.63, 3.8) is 0 Å². The highest BCUT2D eigenvalue weighted by atomic mass is 35.5. The lowest BCUT2D eigenvalue weighted by Crippen LogP contribution is -2.27. The van der Waals surface area contributed by atoms with Crippen LogP contribution in [0.2, 0.25) is 5.02 Å². The zero-order valence-corrected chi connectivity index (χ0v) is 14.1. The summed E-state index contributed by atoms with van der Waals surface area (Å²) in [5, 5.41) is 6.01. The summed E-state index contributed by atoms with van der Waals surface area (Å²) in [6, 6.07) is 12.2. The van der Waals surface area contributed by atoms with Gasteiger partial charge in [0.25, 0.3) is 0 Å². The summed E-state index contributed by atoms with van der Waals surface area (Å²) >= 11 is 5.81. The number of rotatable bonds is 5. The van der Waals surface area contributed by atoms with Gasteiger partial charge in [-0.05, 0) is 29.8 Å². The number of hydrogen-bond acceptors (Lipinski definition) is 4. The number of fused-ring (bicyclic) bond motifs is 1. The van der Waals surface area contributed by atoms with E-state index in [4.69, 9.17) is 21.1 Å². The Balaban J connectivity index is 1.48. The standard InChI is InChI=1S/C18H17ClN2O4/c19-13-3-1-12(2-4-13)11-20-17(22)10-18(23)21-14-5-6-15-16(9-14)25-8-7-24-15/h1-6,9H,7-8,10-11H2,(H,20,22)(H,21,23). The van der Waals surface area contributed by atoms with Gasteiger partial charge < -0.3 is 20.1 Å². The van der Waals surface area contributed by atoms with Crippen molar-refractivity contribution in [3.05, 3.63) is 53.1 Å². The third-order valence-corrected chi connectivity index (χ3v) is 3.80. The molecule has 25 heavy (non-hydrogen) atoms. The first-order chi connectivity index (χ1) is 12.1. The van der Waals surface area contributed by atoms with Crippen LogP contribution in [0, 0.1) is 0 Å². The Morgan fingerprint density at radius 1 is 0.960 bits per heavy atom. The molecule has 2 aromatic carbocycles. The Bertz CT molecular complexity index is 777. The van der Waals surface area contributed by atoms with Gasteiger partial charge in [0.05, 0.1) is 0 Å². The predicted octanol–water partition coefficient (Wildman–Crippen LogP) is 2.76. The van der Waals surface area contributed by atoms with Gasteiger partial charge >= 0.3 is 0 Å². The van der Waals surface area contributed by atoms with Crippen LogP contribution in [-0.2, 0) is 16.1 Å². The highest BCUT2D eigenvalue weighted by Crippen LogP contribution is 2.32. The molecule has 0 unspecified atom stereocenters. The zero-order valence-electron chi connectivity index (χ0n) is 13.4. The molecule has 0 saturated carbocycles. The van der Waals surface area contributed by atoms with Gasteiger partial charge in [0.2, 0.25) is 11.8 Å². The molecule has 6 nitrogen and oxygen atoms in total. The molecule has 0 bridgehead atoms. The molecule has 2 amide bonds. The average Bonchev–Trinajstić information content (AvgIpc) is 2.61. The molecule has 1 aliphatic heterocycles. The third kappa shape index (κ3) is 4.87. The van der Waals surface area contributed by atoms with E-state index in [0.29, 0.717) is 42.0 Å². The maximum atomic E-state index is 12.0. The largest absolute Gasteiger partial charge is 0.486 e. The van der Waals surface area contributed by atoms with Crippen LogP contribution in [0.25, 0.3) is 0 Å². The van der Waals surface area contributed by atoms with E-state index < -0.39 is 5.91 Å². The van der Waals surface area contributed by atoms with Crippen LogP contribution in [0.15, 0.2) is 42.5 Å². The summed E-state index contributed by atoms with van der Waals surface area (Å²) in [5.41, 5.74) is 1.46. The maximum Gasteiger partial charge on any atom is 0.233 e. The topological polar surface area (TPSA) is 76.7 Å². The molecule has 7 heteroatoms. The van der Waals surface area contributed by atoms with E-state index in [2.05, 4.69) is 10.6 Å². The maximum absolute atomic E-state index is 12.0. The second-order valence-electron chi connectivity index (χ2n) is 5.49. The number of amides is 2. The summed E-state index contributed by atoms with van der Waals surface area (Å²) < 4.78 is 10.9. The fourth-order valence-corrected chi connectivity index (χ4v) is 2.46. The van der Waals surface area contributed by atoms with Crippen LogP contribution in [-0.4, -0.2) is 25.0 Å². The van der Waals surface area contributed by atoms with Gasteiger partial charge in [-0.2, -0.15) is 0 Å². The molecule has 1 aliphatic rings. The van der Waals surface area contributed by atoms with Crippen LogP contribution in [0.4, 0.5) is 5.69 Å². The van der Waals surface area contributed by atoms with E-state index >= 15 is 0 Å². The molecular formula is C18H17ClN2O4. The predicted molar refractivity (Wildman–Crippen MR) is 94.0 cm³/mol. The van der Waals surface area contributed by atoms with Crippen LogP contribution < -0.4 is 20.1 Å². The third-order valence-electron chi connectivity index (χ3n) is 3.55. The second kappa shape index (κ2) is 7.90. The lowest BCUT2D eigenvalue weighted by atomic mass is 10.2. The van der Waals surface area contributed by atoms with Gasteiger partial charge in [-0.1, -0.05) is 23.7 Å². The molecule has 1 heterocycles. The number of anilines is 1. The van der Waals surface area contributed by atoms with Crippen LogP contribution in [0.5, 0.6) is 11.5 Å². The number of carbonyl (C=O) groups is 2. The molecule has 0 fully saturated rings. The fraction of sp³-hybridized carbons (Fsp3) is 0.222. The average molecular weight is 361 g/mol. The second-order valence-corrected chi connectivity index (χ2v) is 5.92. The minimum atomic E-state index is -0.398. The summed E-state index contributed by atoms with van der Waals surface area (Å²) in [7, 11) is 0. The number of nitrogens with one attached hydrogen (secondary N) is 2. The molecule has 3 rings (SSSR count). The molecule has 0 radical (unpaired) electrons. The van der Waals surface area contributed by atoms with Crippen molar-refractivity contribution in [1.82, 2.24) is 5.32 Å². The van der Waals surface area contributed by atoms with Gasteiger partial charge in [0.15, 0.2) is 11.5 Å². The molecule has 2 N–H and O–H groups in total. The smallest absolute Gasteiger partial charge is 0.233 e. The van der Waals surface area contributed by atoms with E-state index in [-0.39, 0.29) is 12.3 Å². The van der Waals surface area contributed by atoms with Crippen molar-refractivity contribution in [2.45, 2.75) is 13.0 Å². The number of halogens is 1. The van der Waals surface area contributed by atoms with E-state index in [1.54, 1.807) is 30.3 Å². The van der Waals surface area contributed by atoms with Crippen LogP contribution >= 0.6 is 11.6 Å². The number of carbonyl (C=O) groups excluding carboxylic acids is 2. The van der Waals surface area contributed by atoms with Gasteiger partial charge in [0.1, 0.15) is 19.6 Å². The molecule has 0 saturated heterocycles. The number of hydrogen-bond donors (Lipinski definition) is 2. The van der Waals surface area contributed by atoms with Crippen LogP contribution in [0.3, 0.4) is 0 Å². The molecule has 130 valence electrons. The Morgan fingerprint density at radius 2 is 1.68 bits per heavy atom. The molecule has 0 aliphatic carbocycles. The van der Waals surface area contributed by atoms with Gasteiger partial charge in [0, 0.05) is 23.3 Å². The van der Waals surface area contributed by atoms with Gasteiger partial charge in [-0.15, -0.1) is 0 Å². The van der Waals surface area contributed by atoms with Crippen molar-refractivity contribution in [2.75, 3.05) is 18.5 Å². The van der Waals surface area contributed by atoms with E-state index in [0.717, 1.165) is 5.56 Å². The Hall–Kier alpha value is -2.73. The lowest BCUT2D eigenvalue weighted by molar-refractivity contribution is -0.126. The van der Waals surface area contributed by atoms with Gasteiger partial charge in [-0.3, -0.25) is 9.59 Å². The first kappa shape index (κ1) is 17.1. The van der Waals surface area contributed by atoms with Crippen molar-refractivity contribution in [2.24, 2.45) is 0 Å². The summed E-state index contributed by atoms with van der Waals surface area (Å²) in [5.74, 6) is 0.469. The highest BCUT2D eigenvalue weighted by molar-refractivity contribution is 6.30. The summed E-state index contributed by atoms with van der Waals surface area (Å²) in [6.45, 7) is 1.32. The van der Waals surface area contributed by atoms with Crippen molar-refractivity contribution >= 4 is 29.1 Å². The SMILES string of the molecule is O=C(CC(=O)Nc1ccc2c(c1)OCCO2)NCc1ccc(Cl)cc1. The fourth-order valence-electron chi connectivity index (χ4n) is 2.34. The quantitative estimate of drug-likeness (QED) is 0.804. The Labute approximate surface area is 150 Å². The lowest BCUT2D eigenvalue weighted by Gasteiger charge is -2.19. The normalized spacial score (nSPS) is 12.4. The van der Waals surface area contributed by atoms with E-state index in [9.17, 15) is 9.59 Å². The van der Waals surface area contributed by atoms with Crippen molar-refractivity contribution in [3.8, 4) is 11.5 Å². The molecule has 0 spiro atoms. The number of benzene rings is 2. The zero-order chi connectivity index (χ0) is 17.6. The Kier molecular flexibility index (Phi) is 5.40.